The fourth-order valence-corrected chi connectivity index (χ4v) is 5.28. The number of methoxy groups -OCH3 is 1. The SMILES string of the molecule is CCC1CN2CCc3c([nH]c4cc(O)c(O)cc34)C2CC1C(CO)C(=O)OC. The lowest BCUT2D eigenvalue weighted by Crippen LogP contribution is -2.49. The number of nitrogens with zero attached hydrogens (tertiary/aromatic N) is 1. The van der Waals surface area contributed by atoms with E-state index in [0.29, 0.717) is 5.92 Å². The normalized spacial score (nSPS) is 25.9. The topological polar surface area (TPSA) is 106 Å². The van der Waals surface area contributed by atoms with Gasteiger partial charge in [0.15, 0.2) is 11.5 Å². The van der Waals surface area contributed by atoms with Gasteiger partial charge in [-0.1, -0.05) is 13.3 Å². The Labute approximate surface area is 163 Å². The van der Waals surface area contributed by atoms with E-state index >= 15 is 0 Å². The monoisotopic (exact) mass is 388 g/mol. The van der Waals surface area contributed by atoms with Crippen LogP contribution in [0.15, 0.2) is 12.1 Å². The van der Waals surface area contributed by atoms with Crippen LogP contribution in [-0.4, -0.2) is 58.0 Å². The summed E-state index contributed by atoms with van der Waals surface area (Å²) >= 11 is 0. The third kappa shape index (κ3) is 2.93. The van der Waals surface area contributed by atoms with Gasteiger partial charge in [0.25, 0.3) is 0 Å². The first kappa shape index (κ1) is 19.1. The van der Waals surface area contributed by atoms with Crippen molar-refractivity contribution in [1.29, 1.82) is 0 Å². The number of fused-ring (bicyclic) bond motifs is 5. The second kappa shape index (κ2) is 7.29. The number of hydrogen-bond donors (Lipinski definition) is 4. The fourth-order valence-electron chi connectivity index (χ4n) is 5.28. The minimum Gasteiger partial charge on any atom is -0.504 e. The molecular formula is C21H28N2O5. The van der Waals surface area contributed by atoms with E-state index in [0.717, 1.165) is 48.9 Å². The summed E-state index contributed by atoms with van der Waals surface area (Å²) in [6.45, 7) is 3.72. The number of piperidine rings is 1. The molecule has 2 aliphatic heterocycles. The van der Waals surface area contributed by atoms with Gasteiger partial charge < -0.3 is 25.0 Å². The summed E-state index contributed by atoms with van der Waals surface area (Å²) in [6.07, 6.45) is 2.58. The number of nitrogens with one attached hydrogen (secondary N) is 1. The minimum atomic E-state index is -0.514. The number of ether oxygens (including phenoxy) is 1. The molecule has 0 spiro atoms. The molecule has 0 saturated carbocycles. The zero-order valence-corrected chi connectivity index (χ0v) is 16.3. The molecule has 3 heterocycles. The largest absolute Gasteiger partial charge is 0.504 e. The van der Waals surface area contributed by atoms with E-state index in [1.54, 1.807) is 12.1 Å². The van der Waals surface area contributed by atoms with E-state index in [9.17, 15) is 20.1 Å². The first-order valence-electron chi connectivity index (χ1n) is 9.97. The fraction of sp³-hybridized carbons (Fsp3) is 0.571. The molecule has 1 fully saturated rings. The highest BCUT2D eigenvalue weighted by Gasteiger charge is 2.44. The van der Waals surface area contributed by atoms with Crippen LogP contribution in [-0.2, 0) is 16.0 Å². The summed E-state index contributed by atoms with van der Waals surface area (Å²) in [4.78, 5) is 18.2. The van der Waals surface area contributed by atoms with Crippen LogP contribution in [0.4, 0.5) is 0 Å². The van der Waals surface area contributed by atoms with Crippen LogP contribution in [0, 0.1) is 17.8 Å². The molecule has 4 atom stereocenters. The predicted molar refractivity (Wildman–Crippen MR) is 104 cm³/mol. The van der Waals surface area contributed by atoms with Gasteiger partial charge in [0.2, 0.25) is 0 Å². The lowest BCUT2D eigenvalue weighted by molar-refractivity contribution is -0.152. The number of benzene rings is 1. The number of carbonyl (C=O) groups is 1. The molecule has 0 radical (unpaired) electrons. The molecule has 0 aliphatic carbocycles. The number of aliphatic hydroxyl groups excluding tert-OH is 1. The van der Waals surface area contributed by atoms with Gasteiger partial charge in [-0.05, 0) is 36.3 Å². The van der Waals surface area contributed by atoms with Crippen LogP contribution < -0.4 is 0 Å². The van der Waals surface area contributed by atoms with Crippen molar-refractivity contribution in [1.82, 2.24) is 9.88 Å². The number of aromatic nitrogens is 1. The molecule has 1 saturated heterocycles. The Hall–Kier alpha value is -2.25. The van der Waals surface area contributed by atoms with Crippen LogP contribution in [0.5, 0.6) is 11.5 Å². The van der Waals surface area contributed by atoms with Gasteiger partial charge in [0.05, 0.1) is 25.7 Å². The number of rotatable bonds is 4. The summed E-state index contributed by atoms with van der Waals surface area (Å²) in [7, 11) is 1.37. The second-order valence-electron chi connectivity index (χ2n) is 8.04. The second-order valence-corrected chi connectivity index (χ2v) is 8.04. The molecule has 2 aliphatic rings. The van der Waals surface area contributed by atoms with Crippen molar-refractivity contribution in [3.8, 4) is 11.5 Å². The maximum absolute atomic E-state index is 12.3. The summed E-state index contributed by atoms with van der Waals surface area (Å²) in [6, 6.07) is 3.30. The zero-order chi connectivity index (χ0) is 20.0. The predicted octanol–water partition coefficient (Wildman–Crippen LogP) is 2.31. The van der Waals surface area contributed by atoms with Gasteiger partial charge in [-0.25, -0.2) is 0 Å². The average Bonchev–Trinajstić information content (AvgIpc) is 3.05. The molecule has 4 rings (SSSR count). The number of aromatic amines is 1. The maximum atomic E-state index is 12.3. The Morgan fingerprint density at radius 2 is 2.11 bits per heavy atom. The summed E-state index contributed by atoms with van der Waals surface area (Å²) < 4.78 is 4.95. The highest BCUT2D eigenvalue weighted by molar-refractivity contribution is 5.88. The summed E-state index contributed by atoms with van der Waals surface area (Å²) in [5, 5.41) is 30.6. The van der Waals surface area contributed by atoms with Crippen molar-refractivity contribution in [2.24, 2.45) is 17.8 Å². The smallest absolute Gasteiger partial charge is 0.311 e. The van der Waals surface area contributed by atoms with Crippen LogP contribution in [0.2, 0.25) is 0 Å². The lowest BCUT2D eigenvalue weighted by atomic mass is 9.71. The van der Waals surface area contributed by atoms with Crippen molar-refractivity contribution >= 4 is 16.9 Å². The lowest BCUT2D eigenvalue weighted by Gasteiger charge is -2.47. The Morgan fingerprint density at radius 3 is 2.79 bits per heavy atom. The van der Waals surface area contributed by atoms with Crippen molar-refractivity contribution in [3.63, 3.8) is 0 Å². The Balaban J connectivity index is 1.73. The van der Waals surface area contributed by atoms with Crippen molar-refractivity contribution < 1.29 is 24.9 Å². The minimum absolute atomic E-state index is 0.0443. The van der Waals surface area contributed by atoms with E-state index in [1.165, 1.54) is 12.7 Å². The Morgan fingerprint density at radius 1 is 1.36 bits per heavy atom. The van der Waals surface area contributed by atoms with Crippen LogP contribution in [0.3, 0.4) is 0 Å². The third-order valence-electron chi connectivity index (χ3n) is 6.77. The van der Waals surface area contributed by atoms with Gasteiger partial charge in [0, 0.05) is 35.8 Å². The molecule has 1 aromatic carbocycles. The number of phenols is 2. The van der Waals surface area contributed by atoms with Crippen molar-refractivity contribution in [2.75, 3.05) is 26.8 Å². The Bertz CT molecular complexity index is 893. The number of carbonyl (C=O) groups excluding carboxylic acids is 1. The molecule has 4 N–H and O–H groups in total. The zero-order valence-electron chi connectivity index (χ0n) is 16.3. The number of aliphatic hydroxyl groups is 1. The molecule has 0 amide bonds. The Kier molecular flexibility index (Phi) is 4.97. The molecule has 28 heavy (non-hydrogen) atoms. The summed E-state index contributed by atoms with van der Waals surface area (Å²) in [5.74, 6) is -0.742. The van der Waals surface area contributed by atoms with Crippen molar-refractivity contribution in [3.05, 3.63) is 23.4 Å². The van der Waals surface area contributed by atoms with E-state index in [2.05, 4.69) is 16.8 Å². The third-order valence-corrected chi connectivity index (χ3v) is 6.77. The van der Waals surface area contributed by atoms with E-state index < -0.39 is 5.92 Å². The quantitative estimate of drug-likeness (QED) is 0.473. The molecule has 7 nitrogen and oxygen atoms in total. The maximum Gasteiger partial charge on any atom is 0.311 e. The van der Waals surface area contributed by atoms with Crippen LogP contribution in [0.1, 0.15) is 37.1 Å². The molecule has 0 bridgehead atoms. The van der Waals surface area contributed by atoms with Gasteiger partial charge in [0.1, 0.15) is 0 Å². The van der Waals surface area contributed by atoms with Gasteiger partial charge in [-0.2, -0.15) is 0 Å². The number of esters is 1. The van der Waals surface area contributed by atoms with Crippen LogP contribution >= 0.6 is 0 Å². The molecule has 152 valence electrons. The molecule has 1 aromatic heterocycles. The highest BCUT2D eigenvalue weighted by Crippen LogP contribution is 2.46. The van der Waals surface area contributed by atoms with Gasteiger partial charge in [-0.3, -0.25) is 9.69 Å². The number of hydrogen-bond acceptors (Lipinski definition) is 6. The number of H-pyrrole nitrogens is 1. The first-order valence-corrected chi connectivity index (χ1v) is 9.97. The van der Waals surface area contributed by atoms with Gasteiger partial charge >= 0.3 is 5.97 Å². The number of aromatic hydroxyl groups is 2. The number of phenolic OH excluding ortho intramolecular Hbond substituents is 2. The molecule has 7 heteroatoms. The highest BCUT2D eigenvalue weighted by atomic mass is 16.5. The average molecular weight is 388 g/mol. The molecular weight excluding hydrogens is 360 g/mol. The first-order chi connectivity index (χ1) is 13.5. The van der Waals surface area contributed by atoms with E-state index in [1.807, 2.05) is 0 Å². The van der Waals surface area contributed by atoms with Crippen molar-refractivity contribution in [2.45, 2.75) is 32.2 Å². The standard InChI is InChI=1S/C21H28N2O5/c1-3-11-9-23-5-4-12-14-7-18(25)19(26)8-16(14)22-20(12)17(23)6-13(11)15(10-24)21(27)28-2/h7-8,11,13,15,17,22,24-26H,3-6,9-10H2,1-2H3. The molecule has 4 unspecified atom stereocenters. The molecule has 2 aromatic rings. The van der Waals surface area contributed by atoms with E-state index in [-0.39, 0.29) is 36.0 Å². The summed E-state index contributed by atoms with van der Waals surface area (Å²) in [5.41, 5.74) is 3.06. The van der Waals surface area contributed by atoms with Gasteiger partial charge in [-0.15, -0.1) is 0 Å². The van der Waals surface area contributed by atoms with E-state index in [4.69, 9.17) is 4.74 Å². The van der Waals surface area contributed by atoms with Crippen LogP contribution in [0.25, 0.3) is 10.9 Å².